The second-order valence-electron chi connectivity index (χ2n) is 4.22. The van der Waals surface area contributed by atoms with Gasteiger partial charge in [-0.05, 0) is 25.0 Å². The van der Waals surface area contributed by atoms with Crippen LogP contribution in [0.1, 0.15) is 18.6 Å². The summed E-state index contributed by atoms with van der Waals surface area (Å²) in [4.78, 5) is 11.5. The van der Waals surface area contributed by atoms with E-state index in [4.69, 9.17) is 9.15 Å². The molecule has 3 N–H and O–H groups in total. The van der Waals surface area contributed by atoms with Gasteiger partial charge in [-0.25, -0.2) is 0 Å². The Morgan fingerprint density at radius 2 is 2.53 bits per heavy atom. The number of nitrogens with two attached hydrogens (primary N) is 1. The summed E-state index contributed by atoms with van der Waals surface area (Å²) in [5.41, 5.74) is 0. The maximum absolute atomic E-state index is 11.5. The van der Waals surface area contributed by atoms with Crippen molar-refractivity contribution in [2.24, 2.45) is 0 Å². The molecule has 1 atom stereocenters. The maximum Gasteiger partial charge on any atom is 0.275 e. The molecule has 1 aliphatic rings. The minimum Gasteiger partial charge on any atom is -0.467 e. The maximum atomic E-state index is 11.5. The van der Waals surface area contributed by atoms with Gasteiger partial charge in [0.05, 0.1) is 12.8 Å². The molecular formula is C12H19N2O3+. The van der Waals surface area contributed by atoms with Gasteiger partial charge in [0, 0.05) is 6.61 Å². The molecule has 94 valence electrons. The molecule has 0 radical (unpaired) electrons. The normalized spacial score (nSPS) is 19.4. The Kier molecular flexibility index (Phi) is 4.58. The quantitative estimate of drug-likeness (QED) is 0.712. The Hall–Kier alpha value is -1.33. The van der Waals surface area contributed by atoms with Crippen LogP contribution in [0.2, 0.25) is 0 Å². The van der Waals surface area contributed by atoms with E-state index in [2.05, 4.69) is 5.32 Å². The molecule has 5 heteroatoms. The first-order valence-electron chi connectivity index (χ1n) is 6.07. The molecule has 2 rings (SSSR count). The number of amides is 1. The largest absolute Gasteiger partial charge is 0.467 e. The Bertz CT molecular complexity index is 332. The standard InChI is InChI=1S/C12H18N2O3/c15-12(14-8-11-4-2-6-17-11)9-13-7-10-3-1-5-16-10/h2,4,6,10,13H,1,3,5,7-9H2,(H,14,15)/p+1/t10-/m0/s1. The molecule has 17 heavy (non-hydrogen) atoms. The molecule has 1 fully saturated rings. The summed E-state index contributed by atoms with van der Waals surface area (Å²) < 4.78 is 10.6. The van der Waals surface area contributed by atoms with Crippen LogP contribution in [0.4, 0.5) is 0 Å². The first-order chi connectivity index (χ1) is 8.34. The van der Waals surface area contributed by atoms with Crippen molar-refractivity contribution >= 4 is 5.91 Å². The number of quaternary nitrogens is 1. The Morgan fingerprint density at radius 3 is 3.24 bits per heavy atom. The zero-order valence-corrected chi connectivity index (χ0v) is 9.85. The van der Waals surface area contributed by atoms with E-state index in [0.717, 1.165) is 31.8 Å². The lowest BCUT2D eigenvalue weighted by atomic mass is 10.2. The minimum atomic E-state index is 0.0272. The van der Waals surface area contributed by atoms with Crippen LogP contribution in [0.3, 0.4) is 0 Å². The third-order valence-corrected chi connectivity index (χ3v) is 2.82. The Morgan fingerprint density at radius 1 is 1.59 bits per heavy atom. The van der Waals surface area contributed by atoms with Gasteiger partial charge in [-0.2, -0.15) is 0 Å². The van der Waals surface area contributed by atoms with E-state index in [1.807, 2.05) is 17.4 Å². The molecule has 1 aliphatic heterocycles. The lowest BCUT2D eigenvalue weighted by Gasteiger charge is -2.07. The Balaban J connectivity index is 1.54. The molecular weight excluding hydrogens is 220 g/mol. The van der Waals surface area contributed by atoms with Crippen molar-refractivity contribution < 1.29 is 19.3 Å². The highest BCUT2D eigenvalue weighted by Crippen LogP contribution is 2.09. The van der Waals surface area contributed by atoms with Crippen molar-refractivity contribution in [3.05, 3.63) is 24.2 Å². The highest BCUT2D eigenvalue weighted by Gasteiger charge is 2.17. The molecule has 0 bridgehead atoms. The van der Waals surface area contributed by atoms with Gasteiger partial charge in [0.1, 0.15) is 18.4 Å². The number of rotatable bonds is 6. The van der Waals surface area contributed by atoms with E-state index in [1.165, 1.54) is 0 Å². The predicted octanol–water partition coefficient (Wildman–Crippen LogP) is -0.362. The third kappa shape index (κ3) is 4.20. The molecule has 1 aromatic heterocycles. The van der Waals surface area contributed by atoms with Crippen molar-refractivity contribution in [1.82, 2.24) is 5.32 Å². The molecule has 0 aliphatic carbocycles. The number of furan rings is 1. The van der Waals surface area contributed by atoms with Gasteiger partial charge < -0.3 is 19.8 Å². The number of ether oxygens (including phenoxy) is 1. The number of carbonyl (C=O) groups is 1. The molecule has 1 aromatic rings. The summed E-state index contributed by atoms with van der Waals surface area (Å²) >= 11 is 0. The zero-order valence-electron chi connectivity index (χ0n) is 9.85. The van der Waals surface area contributed by atoms with Crippen molar-refractivity contribution in [1.29, 1.82) is 0 Å². The van der Waals surface area contributed by atoms with Crippen molar-refractivity contribution in [2.45, 2.75) is 25.5 Å². The average molecular weight is 239 g/mol. The van der Waals surface area contributed by atoms with E-state index >= 15 is 0 Å². The SMILES string of the molecule is O=C(C[NH2+]C[C@@H]1CCCO1)NCc1ccco1. The highest BCUT2D eigenvalue weighted by molar-refractivity contribution is 5.76. The smallest absolute Gasteiger partial charge is 0.275 e. The van der Waals surface area contributed by atoms with Gasteiger partial charge in [0.2, 0.25) is 0 Å². The van der Waals surface area contributed by atoms with Crippen LogP contribution in [0.15, 0.2) is 22.8 Å². The van der Waals surface area contributed by atoms with Crippen LogP contribution < -0.4 is 10.6 Å². The number of hydrogen-bond donors (Lipinski definition) is 2. The molecule has 0 saturated carbocycles. The molecule has 1 amide bonds. The minimum absolute atomic E-state index is 0.0272. The van der Waals surface area contributed by atoms with Gasteiger partial charge in [-0.3, -0.25) is 4.79 Å². The van der Waals surface area contributed by atoms with Crippen molar-refractivity contribution in [2.75, 3.05) is 19.7 Å². The van der Waals surface area contributed by atoms with Gasteiger partial charge in [-0.1, -0.05) is 0 Å². The summed E-state index contributed by atoms with van der Waals surface area (Å²) in [6.45, 7) is 2.64. The van der Waals surface area contributed by atoms with Crippen LogP contribution in [-0.4, -0.2) is 31.7 Å². The number of carbonyl (C=O) groups excluding carboxylic acids is 1. The second-order valence-corrected chi connectivity index (χ2v) is 4.22. The topological polar surface area (TPSA) is 68.1 Å². The zero-order chi connectivity index (χ0) is 11.9. The average Bonchev–Trinajstić information content (AvgIpc) is 2.99. The Labute approximate surface area is 101 Å². The van der Waals surface area contributed by atoms with Crippen LogP contribution in [0.25, 0.3) is 0 Å². The monoisotopic (exact) mass is 239 g/mol. The van der Waals surface area contributed by atoms with E-state index < -0.39 is 0 Å². The fourth-order valence-electron chi connectivity index (χ4n) is 1.90. The number of hydrogen-bond acceptors (Lipinski definition) is 3. The van der Waals surface area contributed by atoms with Gasteiger partial charge in [-0.15, -0.1) is 0 Å². The summed E-state index contributed by atoms with van der Waals surface area (Å²) in [6.07, 6.45) is 4.19. The lowest BCUT2D eigenvalue weighted by molar-refractivity contribution is -0.650. The molecule has 2 heterocycles. The molecule has 1 saturated heterocycles. The number of nitrogens with one attached hydrogen (secondary N) is 1. The van der Waals surface area contributed by atoms with Gasteiger partial charge in [0.25, 0.3) is 5.91 Å². The molecule has 5 nitrogen and oxygen atoms in total. The van der Waals surface area contributed by atoms with Crippen LogP contribution in [0.5, 0.6) is 0 Å². The lowest BCUT2D eigenvalue weighted by Crippen LogP contribution is -2.88. The highest BCUT2D eigenvalue weighted by atomic mass is 16.5. The van der Waals surface area contributed by atoms with Gasteiger partial charge in [0.15, 0.2) is 6.54 Å². The fourth-order valence-corrected chi connectivity index (χ4v) is 1.90. The van der Waals surface area contributed by atoms with Crippen molar-refractivity contribution in [3.63, 3.8) is 0 Å². The molecule has 0 unspecified atom stereocenters. The van der Waals surface area contributed by atoms with Crippen LogP contribution >= 0.6 is 0 Å². The summed E-state index contributed by atoms with van der Waals surface area (Å²) in [7, 11) is 0. The van der Waals surface area contributed by atoms with E-state index in [1.54, 1.807) is 6.26 Å². The third-order valence-electron chi connectivity index (χ3n) is 2.82. The molecule has 0 spiro atoms. The predicted molar refractivity (Wildman–Crippen MR) is 61.2 cm³/mol. The molecule has 0 aromatic carbocycles. The van der Waals surface area contributed by atoms with E-state index in [-0.39, 0.29) is 5.91 Å². The summed E-state index contributed by atoms with van der Waals surface area (Å²) in [6, 6.07) is 3.65. The van der Waals surface area contributed by atoms with Crippen LogP contribution in [0, 0.1) is 0 Å². The van der Waals surface area contributed by atoms with Crippen LogP contribution in [-0.2, 0) is 16.1 Å². The van der Waals surface area contributed by atoms with E-state index in [9.17, 15) is 4.79 Å². The first-order valence-corrected chi connectivity index (χ1v) is 6.07. The first kappa shape index (κ1) is 12.1. The fraction of sp³-hybridized carbons (Fsp3) is 0.583. The van der Waals surface area contributed by atoms with E-state index in [0.29, 0.717) is 19.2 Å². The summed E-state index contributed by atoms with van der Waals surface area (Å²) in [5.74, 6) is 0.803. The second kappa shape index (κ2) is 6.42. The summed E-state index contributed by atoms with van der Waals surface area (Å²) in [5, 5.41) is 4.80. The van der Waals surface area contributed by atoms with Gasteiger partial charge >= 0.3 is 0 Å². The van der Waals surface area contributed by atoms with Crippen molar-refractivity contribution in [3.8, 4) is 0 Å².